The van der Waals surface area contributed by atoms with Crippen LogP contribution in [0.2, 0.25) is 0 Å². The van der Waals surface area contributed by atoms with Crippen LogP contribution >= 0.6 is 0 Å². The molecular weight excluding hydrogens is 223 g/mol. The van der Waals surface area contributed by atoms with E-state index in [4.69, 9.17) is 4.55 Å². The van der Waals surface area contributed by atoms with E-state index in [1.807, 2.05) is 0 Å². The fourth-order valence-corrected chi connectivity index (χ4v) is 1.34. The third-order valence-corrected chi connectivity index (χ3v) is 2.13. The van der Waals surface area contributed by atoms with Gasteiger partial charge in [-0.2, -0.15) is 4.21 Å². The van der Waals surface area contributed by atoms with Gasteiger partial charge in [-0.3, -0.25) is 9.35 Å². The lowest BCUT2D eigenvalue weighted by Gasteiger charge is -2.03. The number of hydrogen-bond donors (Lipinski definition) is 1. The first-order chi connectivity index (χ1) is 6.99. The van der Waals surface area contributed by atoms with Crippen molar-refractivity contribution in [3.8, 4) is 0 Å². The summed E-state index contributed by atoms with van der Waals surface area (Å²) in [6, 6.07) is 3.93. The quantitative estimate of drug-likeness (QED) is 0.799. The van der Waals surface area contributed by atoms with Gasteiger partial charge in [-0.15, -0.1) is 0 Å². The maximum absolute atomic E-state index is 12.7. The molecule has 0 amide bonds. The Morgan fingerprint density at radius 1 is 1.60 bits per heavy atom. The Morgan fingerprint density at radius 2 is 2.27 bits per heavy atom. The number of halogens is 1. The van der Waals surface area contributed by atoms with Crippen LogP contribution in [0.15, 0.2) is 18.2 Å². The zero-order valence-corrected chi connectivity index (χ0v) is 8.71. The van der Waals surface area contributed by atoms with Gasteiger partial charge in [-0.1, -0.05) is 6.07 Å². The van der Waals surface area contributed by atoms with Gasteiger partial charge in [0.05, 0.1) is 6.42 Å². The topological polar surface area (TPSA) is 63.6 Å². The molecule has 1 rings (SSSR count). The van der Waals surface area contributed by atoms with Crippen molar-refractivity contribution in [3.63, 3.8) is 0 Å². The molecule has 0 spiro atoms. The summed E-state index contributed by atoms with van der Waals surface area (Å²) in [6.45, 7) is 1.64. The van der Waals surface area contributed by atoms with E-state index in [1.54, 1.807) is 6.92 Å². The van der Waals surface area contributed by atoms with Crippen LogP contribution in [0.5, 0.6) is 0 Å². The second-order valence-corrected chi connectivity index (χ2v) is 3.52. The Morgan fingerprint density at radius 3 is 2.80 bits per heavy atom. The van der Waals surface area contributed by atoms with Crippen molar-refractivity contribution in [1.29, 1.82) is 0 Å². The van der Waals surface area contributed by atoms with Crippen LogP contribution in [0.4, 0.5) is 4.39 Å². The summed E-state index contributed by atoms with van der Waals surface area (Å²) in [5.74, 6) is -1.22. The van der Waals surface area contributed by atoms with Crippen LogP contribution in [-0.2, 0) is 26.8 Å². The van der Waals surface area contributed by atoms with Crippen molar-refractivity contribution >= 4 is 17.3 Å². The maximum Gasteiger partial charge on any atom is 0.360 e. The Bertz CT molecular complexity index is 405. The highest BCUT2D eigenvalue weighted by Gasteiger charge is 2.10. The molecule has 1 N–H and O–H groups in total. The van der Waals surface area contributed by atoms with Gasteiger partial charge in [-0.25, -0.2) is 4.39 Å². The molecule has 1 atom stereocenters. The van der Waals surface area contributed by atoms with E-state index in [2.05, 4.69) is 4.18 Å². The second-order valence-electron chi connectivity index (χ2n) is 2.92. The molecular formula is C9H9FO4S. The van der Waals surface area contributed by atoms with Crippen molar-refractivity contribution in [2.45, 2.75) is 13.3 Å². The van der Waals surface area contributed by atoms with Crippen LogP contribution in [-0.4, -0.2) is 14.7 Å². The minimum Gasteiger partial charge on any atom is -0.343 e. The summed E-state index contributed by atoms with van der Waals surface area (Å²) in [6.07, 6.45) is -0.154. The third-order valence-electron chi connectivity index (χ3n) is 1.80. The van der Waals surface area contributed by atoms with E-state index >= 15 is 0 Å². The molecule has 15 heavy (non-hydrogen) atoms. The fraction of sp³-hybridized carbons (Fsp3) is 0.222. The molecule has 0 radical (unpaired) electrons. The van der Waals surface area contributed by atoms with E-state index in [9.17, 15) is 13.4 Å². The average Bonchev–Trinajstić information content (AvgIpc) is 2.08. The first-order valence-electron chi connectivity index (χ1n) is 4.06. The summed E-state index contributed by atoms with van der Waals surface area (Å²) < 4.78 is 35.2. The Balaban J connectivity index is 2.72. The molecule has 4 nitrogen and oxygen atoms in total. The number of carbonyl (C=O) groups excluding carboxylic acids is 1. The van der Waals surface area contributed by atoms with Crippen molar-refractivity contribution in [3.05, 3.63) is 35.1 Å². The second kappa shape index (κ2) is 4.99. The third kappa shape index (κ3) is 3.77. The fourth-order valence-electron chi connectivity index (χ4n) is 1.12. The van der Waals surface area contributed by atoms with Crippen LogP contribution in [0.3, 0.4) is 0 Å². The van der Waals surface area contributed by atoms with Crippen molar-refractivity contribution in [2.24, 2.45) is 0 Å². The van der Waals surface area contributed by atoms with E-state index in [0.29, 0.717) is 11.1 Å². The first kappa shape index (κ1) is 11.8. The summed E-state index contributed by atoms with van der Waals surface area (Å²) in [4.78, 5) is 11.0. The van der Waals surface area contributed by atoms with Gasteiger partial charge >= 0.3 is 17.3 Å². The highest BCUT2D eigenvalue weighted by molar-refractivity contribution is 7.74. The minimum absolute atomic E-state index is 0.154. The number of hydrogen-bond acceptors (Lipinski definition) is 3. The summed E-state index contributed by atoms with van der Waals surface area (Å²) in [5.41, 5.74) is 1.16. The van der Waals surface area contributed by atoms with Crippen LogP contribution in [0.25, 0.3) is 0 Å². The molecule has 0 bridgehead atoms. The average molecular weight is 232 g/mol. The molecule has 82 valence electrons. The summed E-state index contributed by atoms with van der Waals surface area (Å²) in [5, 5.41) is 0. The Kier molecular flexibility index (Phi) is 3.93. The lowest BCUT2D eigenvalue weighted by molar-refractivity contribution is -0.133. The van der Waals surface area contributed by atoms with Gasteiger partial charge in [0.1, 0.15) is 5.82 Å². The molecule has 1 unspecified atom stereocenters. The maximum atomic E-state index is 12.7. The van der Waals surface area contributed by atoms with Crippen LogP contribution in [0.1, 0.15) is 11.1 Å². The van der Waals surface area contributed by atoms with Crippen molar-refractivity contribution < 1.29 is 22.1 Å². The number of rotatable bonds is 3. The van der Waals surface area contributed by atoms with Crippen molar-refractivity contribution in [2.75, 3.05) is 0 Å². The van der Waals surface area contributed by atoms with Crippen molar-refractivity contribution in [1.82, 2.24) is 0 Å². The largest absolute Gasteiger partial charge is 0.360 e. The lowest BCUT2D eigenvalue weighted by atomic mass is 10.1. The predicted molar refractivity (Wildman–Crippen MR) is 51.7 cm³/mol. The Hall–Kier alpha value is -1.27. The molecule has 6 heteroatoms. The van der Waals surface area contributed by atoms with E-state index in [0.717, 1.165) is 0 Å². The predicted octanol–water partition coefficient (Wildman–Crippen LogP) is 1.36. The molecule has 1 aromatic carbocycles. The van der Waals surface area contributed by atoms with E-state index in [-0.39, 0.29) is 6.42 Å². The smallest absolute Gasteiger partial charge is 0.343 e. The molecule has 0 saturated carbocycles. The molecule has 0 aromatic heterocycles. The molecule has 0 aliphatic rings. The van der Waals surface area contributed by atoms with Gasteiger partial charge in [-0.05, 0) is 30.2 Å². The van der Waals surface area contributed by atoms with Crippen LogP contribution in [0, 0.1) is 12.7 Å². The van der Waals surface area contributed by atoms with Gasteiger partial charge in [0, 0.05) is 0 Å². The highest BCUT2D eigenvalue weighted by atomic mass is 32.2. The number of carbonyl (C=O) groups is 1. The molecule has 0 aliphatic carbocycles. The lowest BCUT2D eigenvalue weighted by Crippen LogP contribution is -2.10. The van der Waals surface area contributed by atoms with Gasteiger partial charge < -0.3 is 4.18 Å². The number of benzene rings is 1. The van der Waals surface area contributed by atoms with E-state index < -0.39 is 23.1 Å². The minimum atomic E-state index is -2.60. The number of aryl methyl sites for hydroxylation is 1. The van der Waals surface area contributed by atoms with Gasteiger partial charge in [0.25, 0.3) is 0 Å². The monoisotopic (exact) mass is 232 g/mol. The first-order valence-corrected chi connectivity index (χ1v) is 5.09. The molecule has 0 heterocycles. The SMILES string of the molecule is Cc1cc(F)ccc1CC(=O)OS(=O)O. The van der Waals surface area contributed by atoms with E-state index in [1.165, 1.54) is 18.2 Å². The van der Waals surface area contributed by atoms with Crippen LogP contribution < -0.4 is 0 Å². The van der Waals surface area contributed by atoms with Gasteiger partial charge in [0.2, 0.25) is 0 Å². The molecule has 1 aromatic rings. The summed E-state index contributed by atoms with van der Waals surface area (Å²) >= 11 is -2.60. The zero-order valence-electron chi connectivity index (χ0n) is 7.90. The molecule has 0 aliphatic heterocycles. The summed E-state index contributed by atoms with van der Waals surface area (Å²) in [7, 11) is 0. The standard InChI is InChI=1S/C9H9FO4S/c1-6-4-8(10)3-2-7(6)5-9(11)14-15(12)13/h2-4H,5H2,1H3,(H,12,13). The highest BCUT2D eigenvalue weighted by Crippen LogP contribution is 2.11. The molecule has 0 saturated heterocycles. The zero-order chi connectivity index (χ0) is 11.4. The van der Waals surface area contributed by atoms with Gasteiger partial charge in [0.15, 0.2) is 0 Å². The Labute approximate surface area is 88.6 Å². The normalized spacial score (nSPS) is 12.2. The molecule has 0 fully saturated rings.